The van der Waals surface area contributed by atoms with Gasteiger partial charge < -0.3 is 5.32 Å². The lowest BCUT2D eigenvalue weighted by Crippen LogP contribution is -2.06. The van der Waals surface area contributed by atoms with Crippen molar-refractivity contribution in [1.82, 2.24) is 9.97 Å². The van der Waals surface area contributed by atoms with Crippen LogP contribution in [0.25, 0.3) is 0 Å². The van der Waals surface area contributed by atoms with Gasteiger partial charge in [-0.25, -0.2) is 9.97 Å². The van der Waals surface area contributed by atoms with Gasteiger partial charge in [-0.05, 0) is 31.0 Å². The van der Waals surface area contributed by atoms with Crippen LogP contribution in [-0.2, 0) is 5.75 Å². The van der Waals surface area contributed by atoms with Crippen LogP contribution in [0, 0.1) is 0 Å². The summed E-state index contributed by atoms with van der Waals surface area (Å²) < 4.78 is 0. The lowest BCUT2D eigenvalue weighted by molar-refractivity contribution is 0.799. The third-order valence-electron chi connectivity index (χ3n) is 2.91. The summed E-state index contributed by atoms with van der Waals surface area (Å²) in [6.07, 6.45) is 0. The molecule has 3 nitrogen and oxygen atoms in total. The van der Waals surface area contributed by atoms with Gasteiger partial charge in [0, 0.05) is 28.2 Å². The van der Waals surface area contributed by atoms with E-state index in [1.807, 2.05) is 30.3 Å². The summed E-state index contributed by atoms with van der Waals surface area (Å²) in [6, 6.07) is 9.88. The van der Waals surface area contributed by atoms with E-state index in [-0.39, 0.29) is 0 Å². The summed E-state index contributed by atoms with van der Waals surface area (Å²) in [5, 5.41) is 4.02. The molecule has 0 amide bonds. The Kier molecular flexibility index (Phi) is 5.88. The molecule has 0 aliphatic rings. The molecule has 0 unspecified atom stereocenters. The van der Waals surface area contributed by atoms with E-state index in [0.29, 0.717) is 5.92 Å². The Hall–Kier alpha value is -1.26. The van der Waals surface area contributed by atoms with Crippen molar-refractivity contribution in [3.63, 3.8) is 0 Å². The second-order valence-electron chi connectivity index (χ2n) is 5.03. The number of rotatable bonds is 6. The Morgan fingerprint density at radius 1 is 1.24 bits per heavy atom. The highest BCUT2D eigenvalue weighted by Gasteiger charge is 2.08. The Labute approximate surface area is 135 Å². The summed E-state index contributed by atoms with van der Waals surface area (Å²) in [5.74, 6) is 2.87. The Bertz CT molecular complexity index is 602. The quantitative estimate of drug-likeness (QED) is 0.762. The van der Waals surface area contributed by atoms with Crippen molar-refractivity contribution in [3.8, 4) is 0 Å². The fraction of sp³-hybridized carbons (Fsp3) is 0.375. The maximum absolute atomic E-state index is 6.01. The van der Waals surface area contributed by atoms with Crippen molar-refractivity contribution in [2.45, 2.75) is 37.3 Å². The fourth-order valence-corrected chi connectivity index (χ4v) is 2.92. The third-order valence-corrected chi connectivity index (χ3v) is 4.13. The minimum Gasteiger partial charge on any atom is -0.370 e. The van der Waals surface area contributed by atoms with Crippen LogP contribution in [0.5, 0.6) is 0 Å². The fourth-order valence-electron chi connectivity index (χ4n) is 1.85. The molecule has 1 aromatic heterocycles. The number of benzene rings is 1. The predicted molar refractivity (Wildman–Crippen MR) is 91.3 cm³/mol. The van der Waals surface area contributed by atoms with Crippen molar-refractivity contribution in [2.75, 3.05) is 11.9 Å². The topological polar surface area (TPSA) is 37.8 Å². The first-order valence-electron chi connectivity index (χ1n) is 7.08. The van der Waals surface area contributed by atoms with Gasteiger partial charge in [0.05, 0.1) is 5.75 Å². The SMILES string of the molecule is CCNc1cc(C(C)C)nc(CSc2cccc(Cl)c2)n1. The number of nitrogens with one attached hydrogen (secondary N) is 1. The van der Waals surface area contributed by atoms with Gasteiger partial charge in [0.25, 0.3) is 0 Å². The first-order valence-corrected chi connectivity index (χ1v) is 8.45. The molecule has 112 valence electrons. The molecule has 0 saturated carbocycles. The summed E-state index contributed by atoms with van der Waals surface area (Å²) in [4.78, 5) is 10.3. The molecule has 0 spiro atoms. The van der Waals surface area contributed by atoms with E-state index in [1.165, 1.54) is 0 Å². The molecule has 1 heterocycles. The highest BCUT2D eigenvalue weighted by molar-refractivity contribution is 7.98. The average Bonchev–Trinajstić information content (AvgIpc) is 2.45. The van der Waals surface area contributed by atoms with Crippen LogP contribution in [0.4, 0.5) is 5.82 Å². The standard InChI is InChI=1S/C16H20ClN3S/c1-4-18-15-9-14(11(2)3)19-16(20-15)10-21-13-7-5-6-12(17)8-13/h5-9,11H,4,10H2,1-3H3,(H,18,19,20). The molecule has 0 saturated heterocycles. The molecule has 1 aromatic carbocycles. The zero-order valence-electron chi connectivity index (χ0n) is 12.6. The van der Waals surface area contributed by atoms with Crippen molar-refractivity contribution in [3.05, 3.63) is 46.9 Å². The first kappa shape index (κ1) is 16.1. The zero-order valence-corrected chi connectivity index (χ0v) is 14.1. The maximum Gasteiger partial charge on any atom is 0.141 e. The molecule has 0 atom stereocenters. The van der Waals surface area contributed by atoms with Gasteiger partial charge in [-0.15, -0.1) is 11.8 Å². The molecule has 0 fully saturated rings. The highest BCUT2D eigenvalue weighted by atomic mass is 35.5. The van der Waals surface area contributed by atoms with E-state index in [4.69, 9.17) is 11.6 Å². The molecular weight excluding hydrogens is 302 g/mol. The van der Waals surface area contributed by atoms with Crippen molar-refractivity contribution >= 4 is 29.2 Å². The number of aromatic nitrogens is 2. The van der Waals surface area contributed by atoms with Gasteiger partial charge in [-0.3, -0.25) is 0 Å². The van der Waals surface area contributed by atoms with Gasteiger partial charge in [-0.2, -0.15) is 0 Å². The molecule has 0 aliphatic carbocycles. The second-order valence-corrected chi connectivity index (χ2v) is 6.51. The summed E-state index contributed by atoms with van der Waals surface area (Å²) >= 11 is 7.70. The average molecular weight is 322 g/mol. The lowest BCUT2D eigenvalue weighted by atomic mass is 10.1. The van der Waals surface area contributed by atoms with Gasteiger partial charge in [0.2, 0.25) is 0 Å². The van der Waals surface area contributed by atoms with Gasteiger partial charge in [0.15, 0.2) is 0 Å². The summed E-state index contributed by atoms with van der Waals surface area (Å²) in [5.41, 5.74) is 1.07. The summed E-state index contributed by atoms with van der Waals surface area (Å²) in [6.45, 7) is 7.21. The molecule has 21 heavy (non-hydrogen) atoms. The van der Waals surface area contributed by atoms with Crippen LogP contribution in [0.15, 0.2) is 35.2 Å². The van der Waals surface area contributed by atoms with E-state index in [0.717, 1.165) is 39.6 Å². The highest BCUT2D eigenvalue weighted by Crippen LogP contribution is 2.25. The Morgan fingerprint density at radius 3 is 2.71 bits per heavy atom. The van der Waals surface area contributed by atoms with Crippen molar-refractivity contribution in [1.29, 1.82) is 0 Å². The van der Waals surface area contributed by atoms with E-state index < -0.39 is 0 Å². The molecule has 2 rings (SSSR count). The Morgan fingerprint density at radius 2 is 2.05 bits per heavy atom. The second kappa shape index (κ2) is 7.66. The monoisotopic (exact) mass is 321 g/mol. The number of nitrogens with zero attached hydrogens (tertiary/aromatic N) is 2. The van der Waals surface area contributed by atoms with Crippen LogP contribution >= 0.6 is 23.4 Å². The molecule has 2 aromatic rings. The van der Waals surface area contributed by atoms with E-state index in [2.05, 4.69) is 36.1 Å². The van der Waals surface area contributed by atoms with Crippen LogP contribution in [0.2, 0.25) is 5.02 Å². The van der Waals surface area contributed by atoms with Crippen molar-refractivity contribution < 1.29 is 0 Å². The number of halogens is 1. The number of hydrogen-bond donors (Lipinski definition) is 1. The molecule has 5 heteroatoms. The molecule has 0 radical (unpaired) electrons. The molecular formula is C16H20ClN3S. The summed E-state index contributed by atoms with van der Waals surface area (Å²) in [7, 11) is 0. The third kappa shape index (κ3) is 4.90. The number of anilines is 1. The van der Waals surface area contributed by atoms with E-state index >= 15 is 0 Å². The zero-order chi connectivity index (χ0) is 15.2. The number of thioether (sulfide) groups is 1. The molecule has 0 bridgehead atoms. The van der Waals surface area contributed by atoms with Gasteiger partial charge in [0.1, 0.15) is 11.6 Å². The first-order chi connectivity index (χ1) is 10.1. The van der Waals surface area contributed by atoms with E-state index in [9.17, 15) is 0 Å². The minimum absolute atomic E-state index is 0.389. The lowest BCUT2D eigenvalue weighted by Gasteiger charge is -2.11. The predicted octanol–water partition coefficient (Wildman–Crippen LogP) is 4.98. The van der Waals surface area contributed by atoms with Crippen molar-refractivity contribution in [2.24, 2.45) is 0 Å². The smallest absolute Gasteiger partial charge is 0.141 e. The molecule has 0 aliphatic heterocycles. The minimum atomic E-state index is 0.389. The van der Waals surface area contributed by atoms with Crippen LogP contribution in [0.3, 0.4) is 0 Å². The van der Waals surface area contributed by atoms with Crippen LogP contribution < -0.4 is 5.32 Å². The van der Waals surface area contributed by atoms with E-state index in [1.54, 1.807) is 11.8 Å². The maximum atomic E-state index is 6.01. The van der Waals surface area contributed by atoms with Crippen LogP contribution in [-0.4, -0.2) is 16.5 Å². The largest absolute Gasteiger partial charge is 0.370 e. The normalized spacial score (nSPS) is 10.9. The van der Waals surface area contributed by atoms with Crippen LogP contribution in [0.1, 0.15) is 38.2 Å². The van der Waals surface area contributed by atoms with Gasteiger partial charge >= 0.3 is 0 Å². The number of hydrogen-bond acceptors (Lipinski definition) is 4. The van der Waals surface area contributed by atoms with Gasteiger partial charge in [-0.1, -0.05) is 31.5 Å². The Balaban J connectivity index is 2.14. The molecule has 1 N–H and O–H groups in total.